The zero-order valence-corrected chi connectivity index (χ0v) is 16.5. The van der Waals surface area contributed by atoms with Crippen LogP contribution in [0.2, 0.25) is 0 Å². The fourth-order valence-corrected chi connectivity index (χ4v) is 4.48. The fraction of sp³-hybridized carbons (Fsp3) is 0.292. The molecule has 1 fully saturated rings. The van der Waals surface area contributed by atoms with Crippen molar-refractivity contribution in [3.63, 3.8) is 0 Å². The Kier molecular flexibility index (Phi) is 4.62. The molecule has 2 aliphatic carbocycles. The third-order valence-electron chi connectivity index (χ3n) is 6.16. The first-order valence-corrected chi connectivity index (χ1v) is 10.4. The maximum absolute atomic E-state index is 13.4. The second kappa shape index (κ2) is 7.44. The predicted molar refractivity (Wildman–Crippen MR) is 112 cm³/mol. The lowest BCUT2D eigenvalue weighted by molar-refractivity contribution is 0.0641. The summed E-state index contributed by atoms with van der Waals surface area (Å²) in [5.74, 6) is -0.894. The van der Waals surface area contributed by atoms with Crippen molar-refractivity contribution in [2.45, 2.75) is 44.2 Å². The number of hydrogen-bond acceptors (Lipinski definition) is 3. The lowest BCUT2D eigenvalue weighted by Crippen LogP contribution is -2.44. The van der Waals surface area contributed by atoms with Crippen LogP contribution in [0.3, 0.4) is 0 Å². The Labute approximate surface area is 174 Å². The number of carboxylic acid groups (broad SMARTS) is 1. The smallest absolute Gasteiger partial charge is 0.336 e. The molecule has 1 unspecified atom stereocenters. The molecule has 1 atom stereocenters. The second-order valence-corrected chi connectivity index (χ2v) is 8.14. The minimum atomic E-state index is -0.957. The fourth-order valence-electron chi connectivity index (χ4n) is 4.48. The van der Waals surface area contributed by atoms with Crippen molar-refractivity contribution in [2.75, 3.05) is 0 Å². The van der Waals surface area contributed by atoms with Gasteiger partial charge in [-0.15, -0.1) is 0 Å². The number of aryl methyl sites for hydroxylation is 1. The number of nitrogens with one attached hydrogen (secondary N) is 1. The van der Waals surface area contributed by atoms with Crippen LogP contribution in [-0.2, 0) is 12.8 Å². The minimum Gasteiger partial charge on any atom is -0.478 e. The van der Waals surface area contributed by atoms with Crippen LogP contribution in [0, 0.1) is 0 Å². The summed E-state index contributed by atoms with van der Waals surface area (Å²) in [5.41, 5.74) is 4.76. The van der Waals surface area contributed by atoms with E-state index < -0.39 is 5.97 Å². The van der Waals surface area contributed by atoms with Gasteiger partial charge in [-0.2, -0.15) is 5.10 Å². The standard InChI is InChI=1S/C24H23N3O3/c28-23(27(18-9-10-18)19-11-12-22-17(13-19)14-25-26-22)16-7-5-15(6-8-16)20-3-1-2-4-21(20)24(29)30/h1-8,14,18-19H,9-13H2,(H,25,26)(H,29,30). The van der Waals surface area contributed by atoms with Gasteiger partial charge in [0, 0.05) is 23.3 Å². The summed E-state index contributed by atoms with van der Waals surface area (Å²) in [4.78, 5) is 27.0. The van der Waals surface area contributed by atoms with Gasteiger partial charge in [0.2, 0.25) is 0 Å². The van der Waals surface area contributed by atoms with Gasteiger partial charge in [-0.3, -0.25) is 9.89 Å². The van der Waals surface area contributed by atoms with E-state index in [-0.39, 0.29) is 17.5 Å². The highest BCUT2D eigenvalue weighted by Gasteiger charge is 2.39. The van der Waals surface area contributed by atoms with Crippen LogP contribution in [0.1, 0.15) is 51.2 Å². The SMILES string of the molecule is O=C(O)c1ccccc1-c1ccc(C(=O)N(C2CC2)C2CCc3[nH]ncc3C2)cc1. The summed E-state index contributed by atoms with van der Waals surface area (Å²) in [7, 11) is 0. The Bertz CT molecular complexity index is 1100. The molecule has 3 aromatic rings. The van der Waals surface area contributed by atoms with Crippen LogP contribution < -0.4 is 0 Å². The molecule has 1 aromatic heterocycles. The zero-order chi connectivity index (χ0) is 20.7. The second-order valence-electron chi connectivity index (χ2n) is 8.14. The molecule has 0 spiro atoms. The number of fused-ring (bicyclic) bond motifs is 1. The van der Waals surface area contributed by atoms with Crippen molar-refractivity contribution in [1.29, 1.82) is 0 Å². The molecule has 0 saturated heterocycles. The van der Waals surface area contributed by atoms with Crippen molar-refractivity contribution in [3.05, 3.63) is 77.1 Å². The van der Waals surface area contributed by atoms with Crippen LogP contribution in [0.15, 0.2) is 54.7 Å². The molecule has 2 aromatic carbocycles. The number of nitrogens with zero attached hydrogens (tertiary/aromatic N) is 2. The number of benzene rings is 2. The predicted octanol–water partition coefficient (Wildman–Crippen LogP) is 3.94. The van der Waals surface area contributed by atoms with E-state index in [4.69, 9.17) is 0 Å². The van der Waals surface area contributed by atoms with Gasteiger partial charge in [0.25, 0.3) is 5.91 Å². The van der Waals surface area contributed by atoms with Gasteiger partial charge in [-0.1, -0.05) is 30.3 Å². The number of aromatic nitrogens is 2. The molecule has 30 heavy (non-hydrogen) atoms. The molecule has 0 aliphatic heterocycles. The van der Waals surface area contributed by atoms with Crippen molar-refractivity contribution in [1.82, 2.24) is 15.1 Å². The van der Waals surface area contributed by atoms with Crippen LogP contribution in [0.25, 0.3) is 11.1 Å². The quantitative estimate of drug-likeness (QED) is 0.678. The summed E-state index contributed by atoms with van der Waals surface area (Å²) < 4.78 is 0. The molecule has 1 heterocycles. The first-order valence-electron chi connectivity index (χ1n) is 10.4. The summed E-state index contributed by atoms with van der Waals surface area (Å²) in [6.45, 7) is 0. The number of carboxylic acids is 1. The number of carbonyl (C=O) groups excluding carboxylic acids is 1. The topological polar surface area (TPSA) is 86.3 Å². The van der Waals surface area contributed by atoms with E-state index in [2.05, 4.69) is 15.1 Å². The Morgan fingerprint density at radius 3 is 2.50 bits per heavy atom. The minimum absolute atomic E-state index is 0.0625. The van der Waals surface area contributed by atoms with Gasteiger partial charge >= 0.3 is 5.97 Å². The first kappa shape index (κ1) is 18.6. The Balaban J connectivity index is 1.40. The molecule has 2 aliphatic rings. The molecule has 0 bridgehead atoms. The number of hydrogen-bond donors (Lipinski definition) is 2. The van der Waals surface area contributed by atoms with Gasteiger partial charge in [-0.25, -0.2) is 4.79 Å². The number of H-pyrrole nitrogens is 1. The molecule has 6 heteroatoms. The van der Waals surface area contributed by atoms with E-state index in [1.807, 2.05) is 36.5 Å². The molecule has 5 rings (SSSR count). The number of amides is 1. The van der Waals surface area contributed by atoms with E-state index in [0.29, 0.717) is 17.2 Å². The van der Waals surface area contributed by atoms with Crippen molar-refractivity contribution in [3.8, 4) is 11.1 Å². The van der Waals surface area contributed by atoms with E-state index in [1.165, 1.54) is 11.3 Å². The molecule has 2 N–H and O–H groups in total. The summed E-state index contributed by atoms with van der Waals surface area (Å²) >= 11 is 0. The largest absolute Gasteiger partial charge is 0.478 e. The normalized spacial score (nSPS) is 17.9. The molecule has 6 nitrogen and oxygen atoms in total. The van der Waals surface area contributed by atoms with Gasteiger partial charge in [0.15, 0.2) is 0 Å². The Morgan fingerprint density at radius 1 is 1.00 bits per heavy atom. The monoisotopic (exact) mass is 401 g/mol. The first-order chi connectivity index (χ1) is 14.6. The maximum atomic E-state index is 13.4. The average Bonchev–Trinajstić information content (AvgIpc) is 3.49. The number of aromatic carboxylic acids is 1. The summed E-state index contributed by atoms with van der Waals surface area (Å²) in [5, 5.41) is 16.7. The van der Waals surface area contributed by atoms with Crippen LogP contribution >= 0.6 is 0 Å². The van der Waals surface area contributed by atoms with Gasteiger partial charge in [0.05, 0.1) is 11.8 Å². The molecule has 1 saturated carbocycles. The Morgan fingerprint density at radius 2 is 1.77 bits per heavy atom. The molecule has 0 radical (unpaired) electrons. The molecule has 1 amide bonds. The Hall–Kier alpha value is -3.41. The van der Waals surface area contributed by atoms with Crippen molar-refractivity contribution in [2.24, 2.45) is 0 Å². The van der Waals surface area contributed by atoms with Crippen molar-refractivity contribution >= 4 is 11.9 Å². The highest BCUT2D eigenvalue weighted by Crippen LogP contribution is 2.35. The third kappa shape index (κ3) is 3.38. The van der Waals surface area contributed by atoms with Crippen LogP contribution in [0.5, 0.6) is 0 Å². The van der Waals surface area contributed by atoms with Crippen molar-refractivity contribution < 1.29 is 14.7 Å². The molecular weight excluding hydrogens is 378 g/mol. The van der Waals surface area contributed by atoms with Crippen LogP contribution in [-0.4, -0.2) is 44.2 Å². The third-order valence-corrected chi connectivity index (χ3v) is 6.16. The molecule has 152 valence electrons. The number of aromatic amines is 1. The lowest BCUT2D eigenvalue weighted by atomic mass is 9.91. The maximum Gasteiger partial charge on any atom is 0.336 e. The van der Waals surface area contributed by atoms with E-state index in [9.17, 15) is 14.7 Å². The van der Waals surface area contributed by atoms with Gasteiger partial charge < -0.3 is 10.0 Å². The number of carbonyl (C=O) groups is 2. The zero-order valence-electron chi connectivity index (χ0n) is 16.5. The lowest BCUT2D eigenvalue weighted by Gasteiger charge is -2.34. The highest BCUT2D eigenvalue weighted by atomic mass is 16.4. The summed E-state index contributed by atoms with van der Waals surface area (Å²) in [6, 6.07) is 14.8. The molecular formula is C24H23N3O3. The van der Waals surface area contributed by atoms with Gasteiger partial charge in [0.1, 0.15) is 0 Å². The summed E-state index contributed by atoms with van der Waals surface area (Å²) in [6.07, 6.45) is 6.71. The average molecular weight is 401 g/mol. The van der Waals surface area contributed by atoms with E-state index in [0.717, 1.165) is 37.7 Å². The highest BCUT2D eigenvalue weighted by molar-refractivity contribution is 5.98. The van der Waals surface area contributed by atoms with E-state index >= 15 is 0 Å². The number of rotatable bonds is 5. The van der Waals surface area contributed by atoms with E-state index in [1.54, 1.807) is 18.2 Å². The van der Waals surface area contributed by atoms with Crippen LogP contribution in [0.4, 0.5) is 0 Å². The van der Waals surface area contributed by atoms with Gasteiger partial charge in [-0.05, 0) is 67.0 Å².